The molecule has 0 saturated heterocycles. The number of hydrogen-bond acceptors (Lipinski definition) is 2. The van der Waals surface area contributed by atoms with Crippen molar-refractivity contribution in [2.75, 3.05) is 0 Å². The monoisotopic (exact) mass is 113 g/mol. The third-order valence-corrected chi connectivity index (χ3v) is 0.623. The number of carbonyl (C=O) groups is 1. The molecule has 0 unspecified atom stereocenters. The molecule has 0 aromatic heterocycles. The lowest BCUT2D eigenvalue weighted by molar-refractivity contribution is -0.114. The van der Waals surface area contributed by atoms with Gasteiger partial charge in [0, 0.05) is 0 Å². The van der Waals surface area contributed by atoms with Crippen LogP contribution in [0.4, 0.5) is 0 Å². The number of nitrogens with two attached hydrogens (primary N) is 2. The minimum atomic E-state index is -0.752. The van der Waals surface area contributed by atoms with Gasteiger partial charge in [-0.05, 0) is 0 Å². The first-order chi connectivity index (χ1) is 3.55. The van der Waals surface area contributed by atoms with Gasteiger partial charge in [-0.15, -0.1) is 0 Å². The molecule has 0 aromatic rings. The highest BCUT2D eigenvalue weighted by Crippen LogP contribution is 1.82. The summed E-state index contributed by atoms with van der Waals surface area (Å²) in [6, 6.07) is 0. The summed E-state index contributed by atoms with van der Waals surface area (Å²) in [4.78, 5) is 10.0. The third-order valence-electron chi connectivity index (χ3n) is 0.623. The van der Waals surface area contributed by atoms with E-state index in [0.717, 1.165) is 0 Å². The molecule has 0 fully saturated rings. The lowest BCUT2D eigenvalue weighted by atomic mass is 10.3. The molecule has 0 atom stereocenters. The summed E-state index contributed by atoms with van der Waals surface area (Å²) in [5, 5.41) is 6.61. The Morgan fingerprint density at radius 3 is 1.88 bits per heavy atom. The second-order valence-corrected chi connectivity index (χ2v) is 1.26. The molecule has 0 aromatic carbocycles. The lowest BCUT2D eigenvalue weighted by Gasteiger charge is -1.92. The van der Waals surface area contributed by atoms with Gasteiger partial charge in [0.2, 0.25) is 0 Å². The van der Waals surface area contributed by atoms with Gasteiger partial charge in [-0.3, -0.25) is 10.2 Å². The minimum Gasteiger partial charge on any atom is -0.384 e. The first kappa shape index (κ1) is 6.68. The van der Waals surface area contributed by atoms with E-state index in [0.29, 0.717) is 0 Å². The van der Waals surface area contributed by atoms with Crippen molar-refractivity contribution in [2.24, 2.45) is 11.5 Å². The van der Waals surface area contributed by atoms with Crippen molar-refractivity contribution in [3.05, 3.63) is 12.2 Å². The third kappa shape index (κ3) is 1.42. The molecule has 5 N–H and O–H groups in total. The van der Waals surface area contributed by atoms with Crippen molar-refractivity contribution in [2.45, 2.75) is 0 Å². The van der Waals surface area contributed by atoms with Crippen LogP contribution in [0.15, 0.2) is 12.2 Å². The van der Waals surface area contributed by atoms with Gasteiger partial charge in [-0.1, -0.05) is 6.58 Å². The molecule has 0 radical (unpaired) electrons. The topological polar surface area (TPSA) is 93.0 Å². The van der Waals surface area contributed by atoms with Crippen molar-refractivity contribution >= 4 is 11.7 Å². The van der Waals surface area contributed by atoms with Crippen molar-refractivity contribution < 1.29 is 4.79 Å². The van der Waals surface area contributed by atoms with Gasteiger partial charge in [-0.25, -0.2) is 0 Å². The summed E-state index contributed by atoms with van der Waals surface area (Å²) in [6.07, 6.45) is 0. The van der Waals surface area contributed by atoms with E-state index >= 15 is 0 Å². The van der Waals surface area contributed by atoms with Crippen molar-refractivity contribution in [3.8, 4) is 0 Å². The molecular weight excluding hydrogens is 106 g/mol. The number of amidine groups is 1. The number of carbonyl (C=O) groups excluding carboxylic acids is 1. The Morgan fingerprint density at radius 1 is 1.50 bits per heavy atom. The maximum atomic E-state index is 10.0. The predicted molar refractivity (Wildman–Crippen MR) is 30.2 cm³/mol. The van der Waals surface area contributed by atoms with Gasteiger partial charge in [0.05, 0.1) is 5.57 Å². The summed E-state index contributed by atoms with van der Waals surface area (Å²) in [6.45, 7) is 3.13. The van der Waals surface area contributed by atoms with E-state index < -0.39 is 5.91 Å². The molecule has 0 spiro atoms. The second-order valence-electron chi connectivity index (χ2n) is 1.26. The van der Waals surface area contributed by atoms with Crippen LogP contribution in [0.5, 0.6) is 0 Å². The largest absolute Gasteiger partial charge is 0.384 e. The average Bonchev–Trinajstić information content (AvgIpc) is 1.64. The van der Waals surface area contributed by atoms with E-state index in [1.165, 1.54) is 0 Å². The summed E-state index contributed by atoms with van der Waals surface area (Å²) >= 11 is 0. The molecule has 0 aliphatic heterocycles. The Labute approximate surface area is 46.7 Å². The molecule has 0 aliphatic carbocycles. The molecule has 0 saturated carbocycles. The molecule has 4 heteroatoms. The zero-order valence-corrected chi connectivity index (χ0v) is 4.27. The van der Waals surface area contributed by atoms with Gasteiger partial charge in [0.15, 0.2) is 0 Å². The maximum absolute atomic E-state index is 10.0. The van der Waals surface area contributed by atoms with Crippen LogP contribution in [0.2, 0.25) is 0 Å². The Hall–Kier alpha value is -1.32. The molecule has 8 heavy (non-hydrogen) atoms. The first-order valence-corrected chi connectivity index (χ1v) is 1.89. The highest BCUT2D eigenvalue weighted by Gasteiger charge is 2.01. The van der Waals surface area contributed by atoms with Crippen molar-refractivity contribution in [3.63, 3.8) is 0 Å². The zero-order chi connectivity index (χ0) is 6.73. The van der Waals surface area contributed by atoms with Crippen molar-refractivity contribution in [1.82, 2.24) is 0 Å². The Kier molecular flexibility index (Phi) is 1.76. The number of amides is 1. The SMILES string of the molecule is C=C(C(=N)N)C(N)=O. The number of rotatable bonds is 2. The van der Waals surface area contributed by atoms with Crippen LogP contribution in [-0.2, 0) is 4.79 Å². The molecule has 0 bridgehead atoms. The second kappa shape index (κ2) is 2.11. The van der Waals surface area contributed by atoms with Gasteiger partial charge < -0.3 is 11.5 Å². The van der Waals surface area contributed by atoms with Crippen LogP contribution < -0.4 is 11.5 Å². The number of nitrogens with one attached hydrogen (secondary N) is 1. The Bertz CT molecular complexity index is 133. The van der Waals surface area contributed by atoms with Gasteiger partial charge in [0.25, 0.3) is 5.91 Å². The maximum Gasteiger partial charge on any atom is 0.251 e. The van der Waals surface area contributed by atoms with E-state index in [1.807, 2.05) is 0 Å². The summed E-state index contributed by atoms with van der Waals surface area (Å²) in [7, 11) is 0. The fourth-order valence-corrected chi connectivity index (χ4v) is 0.133. The van der Waals surface area contributed by atoms with Crippen LogP contribution in [0, 0.1) is 5.41 Å². The number of primary amides is 1. The van der Waals surface area contributed by atoms with E-state index in [1.54, 1.807) is 0 Å². The zero-order valence-electron chi connectivity index (χ0n) is 4.27. The summed E-state index contributed by atoms with van der Waals surface area (Å²) < 4.78 is 0. The molecule has 4 nitrogen and oxygen atoms in total. The van der Waals surface area contributed by atoms with Gasteiger partial charge >= 0.3 is 0 Å². The average molecular weight is 113 g/mol. The molecule has 0 rings (SSSR count). The molecular formula is C4H7N3O. The van der Waals surface area contributed by atoms with Crippen LogP contribution in [0.25, 0.3) is 0 Å². The fourth-order valence-electron chi connectivity index (χ4n) is 0.133. The standard InChI is InChI=1S/C4H7N3O/c1-2(3(5)6)4(7)8/h1H2,(H3,5,6)(H2,7,8). The van der Waals surface area contributed by atoms with Crippen LogP contribution >= 0.6 is 0 Å². The van der Waals surface area contributed by atoms with E-state index in [4.69, 9.17) is 11.1 Å². The Morgan fingerprint density at radius 2 is 1.88 bits per heavy atom. The van der Waals surface area contributed by atoms with E-state index in [2.05, 4.69) is 12.3 Å². The molecule has 44 valence electrons. The Balaban J connectivity index is 4.05. The number of hydrogen-bond donors (Lipinski definition) is 3. The lowest BCUT2D eigenvalue weighted by Crippen LogP contribution is -2.24. The van der Waals surface area contributed by atoms with Crippen LogP contribution in [0.1, 0.15) is 0 Å². The van der Waals surface area contributed by atoms with Crippen LogP contribution in [-0.4, -0.2) is 11.7 Å². The smallest absolute Gasteiger partial charge is 0.251 e. The van der Waals surface area contributed by atoms with E-state index in [-0.39, 0.29) is 11.4 Å². The molecule has 0 heterocycles. The quantitative estimate of drug-likeness (QED) is 0.242. The fraction of sp³-hybridized carbons (Fsp3) is 0. The highest BCUT2D eigenvalue weighted by atomic mass is 16.1. The summed E-state index contributed by atoms with van der Waals surface area (Å²) in [5.41, 5.74) is 9.35. The predicted octanol–water partition coefficient (Wildman–Crippen LogP) is -1.04. The molecule has 1 amide bonds. The highest BCUT2D eigenvalue weighted by molar-refractivity contribution is 6.17. The molecule has 0 aliphatic rings. The van der Waals surface area contributed by atoms with E-state index in [9.17, 15) is 4.79 Å². The van der Waals surface area contributed by atoms with Crippen LogP contribution in [0.3, 0.4) is 0 Å². The normalized spacial score (nSPS) is 8.00. The summed E-state index contributed by atoms with van der Waals surface area (Å²) in [5.74, 6) is -1.13. The first-order valence-electron chi connectivity index (χ1n) is 1.89. The minimum absolute atomic E-state index is 0.148. The van der Waals surface area contributed by atoms with Gasteiger partial charge in [0.1, 0.15) is 5.84 Å². The van der Waals surface area contributed by atoms with Crippen molar-refractivity contribution in [1.29, 1.82) is 5.41 Å². The van der Waals surface area contributed by atoms with Gasteiger partial charge in [-0.2, -0.15) is 0 Å².